The van der Waals surface area contributed by atoms with E-state index < -0.39 is 5.54 Å². The molecule has 0 aliphatic carbocycles. The molecule has 15 heavy (non-hydrogen) atoms. The van der Waals surface area contributed by atoms with Crippen molar-refractivity contribution in [2.45, 2.75) is 45.2 Å². The van der Waals surface area contributed by atoms with Gasteiger partial charge in [0, 0.05) is 18.5 Å². The fraction of sp³-hybridized carbons (Fsp3) is 0.909. The van der Waals surface area contributed by atoms with Crippen LogP contribution in [0.4, 0.5) is 0 Å². The number of nitrogens with two attached hydrogens (primary N) is 1. The van der Waals surface area contributed by atoms with E-state index in [1.807, 2.05) is 13.8 Å². The second kappa shape index (κ2) is 4.49. The number of amides is 1. The summed E-state index contributed by atoms with van der Waals surface area (Å²) in [5, 5.41) is 9.23. The number of hydrogen-bond acceptors (Lipinski definition) is 3. The van der Waals surface area contributed by atoms with E-state index in [4.69, 9.17) is 5.73 Å². The lowest BCUT2D eigenvalue weighted by Crippen LogP contribution is -2.45. The van der Waals surface area contributed by atoms with Crippen molar-refractivity contribution in [2.24, 2.45) is 11.7 Å². The van der Waals surface area contributed by atoms with Crippen molar-refractivity contribution >= 4 is 5.91 Å². The molecule has 4 nitrogen and oxygen atoms in total. The number of carbonyl (C=O) groups is 1. The molecule has 2 unspecified atom stereocenters. The Bertz CT molecular complexity index is 235. The smallest absolute Gasteiger partial charge is 0.224 e. The van der Waals surface area contributed by atoms with Gasteiger partial charge in [0.2, 0.25) is 5.91 Å². The lowest BCUT2D eigenvalue weighted by atomic mass is 10.0. The Morgan fingerprint density at radius 1 is 1.60 bits per heavy atom. The van der Waals surface area contributed by atoms with Gasteiger partial charge in [0.05, 0.1) is 12.6 Å². The van der Waals surface area contributed by atoms with Gasteiger partial charge in [-0.05, 0) is 26.2 Å². The fourth-order valence-corrected chi connectivity index (χ4v) is 2.09. The van der Waals surface area contributed by atoms with Crippen molar-refractivity contribution in [2.75, 3.05) is 13.2 Å². The van der Waals surface area contributed by atoms with Crippen LogP contribution in [-0.2, 0) is 4.79 Å². The first-order valence-electron chi connectivity index (χ1n) is 5.54. The Labute approximate surface area is 91.4 Å². The quantitative estimate of drug-likeness (QED) is 0.712. The molecule has 4 heteroatoms. The maximum absolute atomic E-state index is 11.9. The van der Waals surface area contributed by atoms with E-state index >= 15 is 0 Å². The first kappa shape index (κ1) is 12.5. The van der Waals surface area contributed by atoms with Gasteiger partial charge in [0.15, 0.2) is 0 Å². The predicted octanol–water partition coefficient (Wildman–Crippen LogP) is 0.343. The molecule has 88 valence electrons. The van der Waals surface area contributed by atoms with Crippen LogP contribution in [0.1, 0.15) is 33.6 Å². The van der Waals surface area contributed by atoms with Gasteiger partial charge in [0.25, 0.3) is 0 Å². The molecule has 1 rings (SSSR count). The van der Waals surface area contributed by atoms with Crippen LogP contribution in [0.5, 0.6) is 0 Å². The number of rotatable bonds is 3. The average molecular weight is 214 g/mol. The zero-order valence-corrected chi connectivity index (χ0v) is 9.86. The van der Waals surface area contributed by atoms with Crippen LogP contribution in [-0.4, -0.2) is 40.6 Å². The van der Waals surface area contributed by atoms with Crippen LogP contribution in [0, 0.1) is 5.92 Å². The molecule has 0 saturated carbocycles. The molecule has 3 N–H and O–H groups in total. The van der Waals surface area contributed by atoms with Crippen molar-refractivity contribution in [3.63, 3.8) is 0 Å². The lowest BCUT2D eigenvalue weighted by Gasteiger charge is -2.28. The van der Waals surface area contributed by atoms with Gasteiger partial charge < -0.3 is 15.7 Å². The van der Waals surface area contributed by atoms with Gasteiger partial charge in [-0.1, -0.05) is 6.92 Å². The Balaban J connectivity index is 2.60. The van der Waals surface area contributed by atoms with Gasteiger partial charge in [-0.25, -0.2) is 0 Å². The maximum Gasteiger partial charge on any atom is 0.224 e. The summed E-state index contributed by atoms with van der Waals surface area (Å²) in [6, 6.07) is -0.0140. The summed E-state index contributed by atoms with van der Waals surface area (Å²) in [7, 11) is 0. The highest BCUT2D eigenvalue weighted by atomic mass is 16.3. The molecule has 0 aromatic rings. The zero-order valence-electron chi connectivity index (χ0n) is 9.86. The molecule has 0 bridgehead atoms. The van der Waals surface area contributed by atoms with Gasteiger partial charge >= 0.3 is 0 Å². The highest BCUT2D eigenvalue weighted by Gasteiger charge is 2.34. The molecule has 0 aromatic carbocycles. The Morgan fingerprint density at radius 3 is 2.67 bits per heavy atom. The second-order valence-corrected chi connectivity index (χ2v) is 5.27. The van der Waals surface area contributed by atoms with E-state index in [-0.39, 0.29) is 18.6 Å². The summed E-state index contributed by atoms with van der Waals surface area (Å²) in [6.45, 7) is 6.57. The summed E-state index contributed by atoms with van der Waals surface area (Å²) >= 11 is 0. The topological polar surface area (TPSA) is 66.6 Å². The Kier molecular flexibility index (Phi) is 3.73. The average Bonchev–Trinajstić information content (AvgIpc) is 2.43. The third-order valence-electron chi connectivity index (χ3n) is 3.00. The van der Waals surface area contributed by atoms with Crippen LogP contribution in [0.25, 0.3) is 0 Å². The molecular formula is C11H22N2O2. The molecule has 1 aliphatic rings. The zero-order chi connectivity index (χ0) is 11.6. The van der Waals surface area contributed by atoms with Gasteiger partial charge in [0.1, 0.15) is 0 Å². The van der Waals surface area contributed by atoms with E-state index in [1.54, 1.807) is 4.90 Å². The van der Waals surface area contributed by atoms with Crippen molar-refractivity contribution in [1.29, 1.82) is 0 Å². The van der Waals surface area contributed by atoms with Crippen LogP contribution in [0.2, 0.25) is 0 Å². The largest absolute Gasteiger partial charge is 0.394 e. The predicted molar refractivity (Wildman–Crippen MR) is 59.3 cm³/mol. The van der Waals surface area contributed by atoms with Crippen molar-refractivity contribution in [3.05, 3.63) is 0 Å². The molecule has 1 heterocycles. The number of aliphatic hydroxyl groups is 1. The molecule has 2 atom stereocenters. The van der Waals surface area contributed by atoms with E-state index in [2.05, 4.69) is 6.92 Å². The monoisotopic (exact) mass is 214 g/mol. The molecule has 1 aliphatic heterocycles. The lowest BCUT2D eigenvalue weighted by molar-refractivity contribution is -0.134. The standard InChI is InChI=1S/C11H22N2O2/c1-8-4-5-13(9(8)7-14)10(15)6-11(2,3)12/h8-9,14H,4-7,12H2,1-3H3. The SMILES string of the molecule is CC1CCN(C(=O)CC(C)(C)N)C1CO. The molecular weight excluding hydrogens is 192 g/mol. The van der Waals surface area contributed by atoms with Crippen molar-refractivity contribution < 1.29 is 9.90 Å². The number of aliphatic hydroxyl groups excluding tert-OH is 1. The third-order valence-corrected chi connectivity index (χ3v) is 3.00. The first-order valence-corrected chi connectivity index (χ1v) is 5.54. The molecule has 1 saturated heterocycles. The first-order chi connectivity index (χ1) is 6.85. The van der Waals surface area contributed by atoms with E-state index in [0.29, 0.717) is 12.3 Å². The normalized spacial score (nSPS) is 27.1. The molecule has 0 radical (unpaired) electrons. The fourth-order valence-electron chi connectivity index (χ4n) is 2.09. The van der Waals surface area contributed by atoms with Gasteiger partial charge in [-0.3, -0.25) is 4.79 Å². The highest BCUT2D eigenvalue weighted by Crippen LogP contribution is 2.25. The molecule has 1 fully saturated rings. The summed E-state index contributed by atoms with van der Waals surface area (Å²) < 4.78 is 0. The minimum absolute atomic E-state index is 0.0140. The highest BCUT2D eigenvalue weighted by molar-refractivity contribution is 5.78. The Hall–Kier alpha value is -0.610. The van der Waals surface area contributed by atoms with Gasteiger partial charge in [-0.15, -0.1) is 0 Å². The molecule has 0 aromatic heterocycles. The number of carbonyl (C=O) groups excluding carboxylic acids is 1. The minimum atomic E-state index is -0.469. The summed E-state index contributed by atoms with van der Waals surface area (Å²) in [5.41, 5.74) is 5.35. The van der Waals surface area contributed by atoms with Crippen LogP contribution in [0.3, 0.4) is 0 Å². The van der Waals surface area contributed by atoms with Crippen LogP contribution < -0.4 is 5.73 Å². The third kappa shape index (κ3) is 3.18. The van der Waals surface area contributed by atoms with Crippen molar-refractivity contribution in [3.8, 4) is 0 Å². The van der Waals surface area contributed by atoms with E-state index in [1.165, 1.54) is 0 Å². The second-order valence-electron chi connectivity index (χ2n) is 5.27. The number of hydrogen-bond donors (Lipinski definition) is 2. The van der Waals surface area contributed by atoms with Crippen molar-refractivity contribution in [1.82, 2.24) is 4.90 Å². The summed E-state index contributed by atoms with van der Waals surface area (Å²) in [5.74, 6) is 0.450. The van der Waals surface area contributed by atoms with E-state index in [9.17, 15) is 9.90 Å². The van der Waals surface area contributed by atoms with Crippen LogP contribution >= 0.6 is 0 Å². The minimum Gasteiger partial charge on any atom is -0.394 e. The molecule has 0 spiro atoms. The van der Waals surface area contributed by atoms with Crippen LogP contribution in [0.15, 0.2) is 0 Å². The Morgan fingerprint density at radius 2 is 2.20 bits per heavy atom. The number of nitrogens with zero attached hydrogens (tertiary/aromatic N) is 1. The summed E-state index contributed by atoms with van der Waals surface area (Å²) in [4.78, 5) is 13.7. The maximum atomic E-state index is 11.9. The summed E-state index contributed by atoms with van der Waals surface area (Å²) in [6.07, 6.45) is 1.32. The van der Waals surface area contributed by atoms with Gasteiger partial charge in [-0.2, -0.15) is 0 Å². The molecule has 1 amide bonds. The van der Waals surface area contributed by atoms with E-state index in [0.717, 1.165) is 13.0 Å². The number of likely N-dealkylation sites (tertiary alicyclic amines) is 1.